The molecular weight excluding hydrogens is 273 g/mol. The van der Waals surface area contributed by atoms with E-state index in [2.05, 4.69) is 20.9 Å². The summed E-state index contributed by atoms with van der Waals surface area (Å²) in [4.78, 5) is 3.77. The second-order valence-electron chi connectivity index (χ2n) is 2.73. The van der Waals surface area contributed by atoms with E-state index in [1.54, 1.807) is 6.07 Å². The molecule has 1 aromatic rings. The minimum atomic E-state index is -2.90. The van der Waals surface area contributed by atoms with E-state index < -0.39 is 17.8 Å². The number of pyridine rings is 1. The summed E-state index contributed by atoms with van der Waals surface area (Å²) >= 11 is 2.95. The summed E-state index contributed by atoms with van der Waals surface area (Å²) in [7, 11) is 0. The van der Waals surface area contributed by atoms with E-state index in [-0.39, 0.29) is 23.1 Å². The van der Waals surface area contributed by atoms with Crippen LogP contribution in [0, 0.1) is 17.1 Å². The van der Waals surface area contributed by atoms with E-state index in [0.717, 1.165) is 6.07 Å². The Morgan fingerprint density at radius 2 is 2.20 bits per heavy atom. The highest BCUT2D eigenvalue weighted by Crippen LogP contribution is 2.26. The first-order valence-corrected chi connectivity index (χ1v) is 5.11. The van der Waals surface area contributed by atoms with Gasteiger partial charge in [-0.25, -0.2) is 13.2 Å². The average molecular weight is 279 g/mol. The SMILES string of the molecule is N#CCc1cc(F)c(C(F)F)c(CBr)n1. The molecule has 0 bridgehead atoms. The van der Waals surface area contributed by atoms with Gasteiger partial charge in [-0.15, -0.1) is 0 Å². The number of alkyl halides is 3. The average Bonchev–Trinajstić information content (AvgIpc) is 2.16. The van der Waals surface area contributed by atoms with E-state index in [1.807, 2.05) is 0 Å². The molecular formula is C9H6BrF3N2. The molecule has 0 aliphatic heterocycles. The third kappa shape index (κ3) is 2.69. The Labute approximate surface area is 92.9 Å². The molecule has 1 heterocycles. The van der Waals surface area contributed by atoms with Crippen molar-refractivity contribution in [3.63, 3.8) is 0 Å². The number of nitrogens with zero attached hydrogens (tertiary/aromatic N) is 2. The second kappa shape index (κ2) is 5.12. The van der Waals surface area contributed by atoms with Crippen LogP contribution in [0.2, 0.25) is 0 Å². The predicted molar refractivity (Wildman–Crippen MR) is 51.1 cm³/mol. The van der Waals surface area contributed by atoms with Crippen molar-refractivity contribution in [1.82, 2.24) is 4.98 Å². The first kappa shape index (κ1) is 12.0. The van der Waals surface area contributed by atoms with E-state index in [1.165, 1.54) is 0 Å². The van der Waals surface area contributed by atoms with Gasteiger partial charge in [0.1, 0.15) is 5.82 Å². The van der Waals surface area contributed by atoms with Crippen molar-refractivity contribution >= 4 is 15.9 Å². The number of nitriles is 1. The highest BCUT2D eigenvalue weighted by atomic mass is 79.9. The molecule has 0 N–H and O–H groups in total. The molecule has 6 heteroatoms. The Bertz CT molecular complexity index is 401. The summed E-state index contributed by atoms with van der Waals surface area (Å²) in [6.45, 7) is 0. The summed E-state index contributed by atoms with van der Waals surface area (Å²) in [5.41, 5.74) is -0.599. The van der Waals surface area contributed by atoms with E-state index in [9.17, 15) is 13.2 Å². The quantitative estimate of drug-likeness (QED) is 0.797. The lowest BCUT2D eigenvalue weighted by Crippen LogP contribution is -2.03. The Morgan fingerprint density at radius 1 is 1.53 bits per heavy atom. The van der Waals surface area contributed by atoms with Gasteiger partial charge in [0.05, 0.1) is 29.4 Å². The van der Waals surface area contributed by atoms with Gasteiger partial charge in [0.25, 0.3) is 6.43 Å². The summed E-state index contributed by atoms with van der Waals surface area (Å²) in [5.74, 6) is -1.01. The first-order valence-electron chi connectivity index (χ1n) is 3.99. The van der Waals surface area contributed by atoms with Gasteiger partial charge in [-0.1, -0.05) is 15.9 Å². The monoisotopic (exact) mass is 278 g/mol. The zero-order chi connectivity index (χ0) is 11.4. The maximum absolute atomic E-state index is 13.2. The first-order chi connectivity index (χ1) is 7.10. The smallest absolute Gasteiger partial charge is 0.255 e. The van der Waals surface area contributed by atoms with Crippen LogP contribution in [0.15, 0.2) is 6.07 Å². The minimum absolute atomic E-state index is 0.0306. The summed E-state index contributed by atoms with van der Waals surface area (Å²) < 4.78 is 38.1. The van der Waals surface area contributed by atoms with Gasteiger partial charge in [-0.2, -0.15) is 5.26 Å². The molecule has 0 saturated heterocycles. The van der Waals surface area contributed by atoms with Gasteiger partial charge in [-0.3, -0.25) is 4.98 Å². The van der Waals surface area contributed by atoms with Crippen LogP contribution in [-0.2, 0) is 11.8 Å². The lowest BCUT2D eigenvalue weighted by atomic mass is 10.1. The van der Waals surface area contributed by atoms with Gasteiger partial charge in [0.2, 0.25) is 0 Å². The Kier molecular flexibility index (Phi) is 4.09. The van der Waals surface area contributed by atoms with Crippen LogP contribution in [-0.4, -0.2) is 4.98 Å². The van der Waals surface area contributed by atoms with E-state index in [4.69, 9.17) is 5.26 Å². The number of hydrogen-bond acceptors (Lipinski definition) is 2. The van der Waals surface area contributed by atoms with E-state index in [0.29, 0.717) is 0 Å². The zero-order valence-electron chi connectivity index (χ0n) is 7.48. The van der Waals surface area contributed by atoms with Crippen molar-refractivity contribution in [2.75, 3.05) is 0 Å². The fraction of sp³-hybridized carbons (Fsp3) is 0.333. The molecule has 0 radical (unpaired) electrons. The van der Waals surface area contributed by atoms with Gasteiger partial charge in [0, 0.05) is 5.33 Å². The summed E-state index contributed by atoms with van der Waals surface area (Å²) in [6, 6.07) is 2.65. The van der Waals surface area contributed by atoms with Crippen LogP contribution in [0.1, 0.15) is 23.4 Å². The van der Waals surface area contributed by atoms with Crippen LogP contribution < -0.4 is 0 Å². The molecule has 0 atom stereocenters. The molecule has 2 nitrogen and oxygen atoms in total. The third-order valence-electron chi connectivity index (χ3n) is 1.75. The highest BCUT2D eigenvalue weighted by Gasteiger charge is 2.20. The molecule has 0 aliphatic carbocycles. The number of halogens is 4. The molecule has 1 rings (SSSR count). The molecule has 0 fully saturated rings. The van der Waals surface area contributed by atoms with Crippen molar-refractivity contribution in [2.24, 2.45) is 0 Å². The maximum Gasteiger partial charge on any atom is 0.268 e. The fourth-order valence-electron chi connectivity index (χ4n) is 1.13. The molecule has 80 valence electrons. The van der Waals surface area contributed by atoms with Crippen LogP contribution >= 0.6 is 15.9 Å². The molecule has 15 heavy (non-hydrogen) atoms. The van der Waals surface area contributed by atoms with Gasteiger partial charge < -0.3 is 0 Å². The number of hydrogen-bond donors (Lipinski definition) is 0. The topological polar surface area (TPSA) is 36.7 Å². The van der Waals surface area contributed by atoms with Crippen molar-refractivity contribution in [3.8, 4) is 6.07 Å². The molecule has 0 saturated carbocycles. The molecule has 0 amide bonds. The summed E-state index contributed by atoms with van der Waals surface area (Å²) in [6.07, 6.45) is -3.00. The molecule has 1 aromatic heterocycles. The molecule has 0 unspecified atom stereocenters. The lowest BCUT2D eigenvalue weighted by molar-refractivity contribution is 0.144. The van der Waals surface area contributed by atoms with Crippen molar-refractivity contribution in [3.05, 3.63) is 28.8 Å². The Morgan fingerprint density at radius 3 is 2.67 bits per heavy atom. The fourth-order valence-corrected chi connectivity index (χ4v) is 1.56. The molecule has 0 aromatic carbocycles. The normalized spacial score (nSPS) is 10.4. The van der Waals surface area contributed by atoms with E-state index >= 15 is 0 Å². The van der Waals surface area contributed by atoms with Crippen molar-refractivity contribution < 1.29 is 13.2 Å². The van der Waals surface area contributed by atoms with Crippen LogP contribution in [0.5, 0.6) is 0 Å². The molecule has 0 spiro atoms. The lowest BCUT2D eigenvalue weighted by Gasteiger charge is -2.08. The molecule has 0 aliphatic rings. The number of aromatic nitrogens is 1. The van der Waals surface area contributed by atoms with Crippen molar-refractivity contribution in [2.45, 2.75) is 18.2 Å². The number of rotatable bonds is 3. The van der Waals surface area contributed by atoms with Gasteiger partial charge in [-0.05, 0) is 6.07 Å². The standard InChI is InChI=1S/C9H6BrF3N2/c10-4-7-8(9(12)13)6(11)3-5(15-7)1-2-14/h3,9H,1,4H2. The minimum Gasteiger partial charge on any atom is -0.255 e. The second-order valence-corrected chi connectivity index (χ2v) is 3.29. The highest BCUT2D eigenvalue weighted by molar-refractivity contribution is 9.08. The maximum atomic E-state index is 13.2. The van der Waals surface area contributed by atoms with Crippen molar-refractivity contribution in [1.29, 1.82) is 5.26 Å². The zero-order valence-corrected chi connectivity index (χ0v) is 9.06. The predicted octanol–water partition coefficient (Wildman–Crippen LogP) is 3.12. The van der Waals surface area contributed by atoms with Crippen LogP contribution in [0.4, 0.5) is 13.2 Å². The van der Waals surface area contributed by atoms with Gasteiger partial charge in [0.15, 0.2) is 0 Å². The third-order valence-corrected chi connectivity index (χ3v) is 2.28. The van der Waals surface area contributed by atoms with Gasteiger partial charge >= 0.3 is 0 Å². The largest absolute Gasteiger partial charge is 0.268 e. The van der Waals surface area contributed by atoms with Crippen LogP contribution in [0.25, 0.3) is 0 Å². The Hall–Kier alpha value is -1.09. The summed E-state index contributed by atoms with van der Waals surface area (Å²) in [5, 5.41) is 8.41. The van der Waals surface area contributed by atoms with Crippen LogP contribution in [0.3, 0.4) is 0 Å². The Balaban J connectivity index is 3.25.